The summed E-state index contributed by atoms with van der Waals surface area (Å²) >= 11 is 0. The minimum absolute atomic E-state index is 0.0665. The molecule has 0 bridgehead atoms. The van der Waals surface area contributed by atoms with Gasteiger partial charge < -0.3 is 19.9 Å². The smallest absolute Gasteiger partial charge is 0.218 e. The van der Waals surface area contributed by atoms with E-state index >= 15 is 0 Å². The number of ether oxygens (including phenoxy) is 2. The molecule has 0 saturated heterocycles. The van der Waals surface area contributed by atoms with Gasteiger partial charge in [-0.25, -0.2) is 9.97 Å². The van der Waals surface area contributed by atoms with Gasteiger partial charge in [-0.15, -0.1) is 0 Å². The molecule has 0 aromatic carbocycles. The molecule has 0 fully saturated rings. The molecule has 2 N–H and O–H groups in total. The molecule has 0 spiro atoms. The Labute approximate surface area is 101 Å². The number of methoxy groups -OCH3 is 1. The number of nitrogens with one attached hydrogen (secondary N) is 1. The van der Waals surface area contributed by atoms with E-state index in [9.17, 15) is 5.11 Å². The zero-order chi connectivity index (χ0) is 12.7. The van der Waals surface area contributed by atoms with E-state index in [0.717, 1.165) is 0 Å². The average Bonchev–Trinajstić information content (AvgIpc) is 2.26. The van der Waals surface area contributed by atoms with E-state index in [0.29, 0.717) is 18.2 Å². The number of anilines is 1. The third kappa shape index (κ3) is 5.46. The van der Waals surface area contributed by atoms with Gasteiger partial charge in [-0.1, -0.05) is 0 Å². The molecule has 1 aromatic rings. The highest BCUT2D eigenvalue weighted by Gasteiger charge is 2.05. The quantitative estimate of drug-likeness (QED) is 0.731. The van der Waals surface area contributed by atoms with Crippen LogP contribution in [0.2, 0.25) is 0 Å². The van der Waals surface area contributed by atoms with Gasteiger partial charge in [0.2, 0.25) is 5.88 Å². The van der Waals surface area contributed by atoms with E-state index in [-0.39, 0.29) is 12.7 Å². The summed E-state index contributed by atoms with van der Waals surface area (Å²) < 4.78 is 10.3. The summed E-state index contributed by atoms with van der Waals surface area (Å²) in [4.78, 5) is 8.01. The van der Waals surface area contributed by atoms with Crippen LogP contribution in [0.4, 0.5) is 5.82 Å². The molecule has 0 aliphatic heterocycles. The van der Waals surface area contributed by atoms with Crippen LogP contribution in [-0.4, -0.2) is 47.5 Å². The second kappa shape index (κ2) is 7.03. The molecule has 1 aromatic heterocycles. The molecular formula is C11H19N3O3. The molecule has 0 saturated carbocycles. The SMILES string of the molecule is COCC(O)CNc1cc(OC(C)C)ncn1. The van der Waals surface area contributed by atoms with Crippen molar-refractivity contribution in [3.63, 3.8) is 0 Å². The van der Waals surface area contributed by atoms with E-state index in [1.807, 2.05) is 13.8 Å². The van der Waals surface area contributed by atoms with Gasteiger partial charge in [0, 0.05) is 19.7 Å². The first-order chi connectivity index (χ1) is 8.11. The Morgan fingerprint density at radius 2 is 2.18 bits per heavy atom. The minimum atomic E-state index is -0.565. The number of aromatic nitrogens is 2. The Hall–Kier alpha value is -1.40. The molecular weight excluding hydrogens is 222 g/mol. The molecule has 1 unspecified atom stereocenters. The van der Waals surface area contributed by atoms with Crippen molar-refractivity contribution < 1.29 is 14.6 Å². The van der Waals surface area contributed by atoms with Crippen molar-refractivity contribution in [1.82, 2.24) is 9.97 Å². The highest BCUT2D eigenvalue weighted by atomic mass is 16.5. The van der Waals surface area contributed by atoms with Gasteiger partial charge in [-0.05, 0) is 13.8 Å². The van der Waals surface area contributed by atoms with Crippen LogP contribution in [0.5, 0.6) is 5.88 Å². The van der Waals surface area contributed by atoms with Gasteiger partial charge in [0.1, 0.15) is 12.1 Å². The summed E-state index contributed by atoms with van der Waals surface area (Å²) in [7, 11) is 1.54. The number of hydrogen-bond acceptors (Lipinski definition) is 6. The third-order valence-corrected chi connectivity index (χ3v) is 1.88. The summed E-state index contributed by atoms with van der Waals surface area (Å²) in [5, 5.41) is 12.4. The topological polar surface area (TPSA) is 76.5 Å². The number of hydrogen-bond donors (Lipinski definition) is 2. The van der Waals surface area contributed by atoms with E-state index in [4.69, 9.17) is 9.47 Å². The van der Waals surface area contributed by atoms with Gasteiger partial charge in [-0.3, -0.25) is 0 Å². The first-order valence-electron chi connectivity index (χ1n) is 5.51. The van der Waals surface area contributed by atoms with Crippen LogP contribution in [-0.2, 0) is 4.74 Å². The van der Waals surface area contributed by atoms with Crippen molar-refractivity contribution in [2.24, 2.45) is 0 Å². The highest BCUT2D eigenvalue weighted by molar-refractivity contribution is 5.37. The van der Waals surface area contributed by atoms with E-state index in [1.54, 1.807) is 13.2 Å². The maximum atomic E-state index is 9.46. The molecule has 0 aliphatic rings. The molecule has 0 amide bonds. The molecule has 1 rings (SSSR count). The summed E-state index contributed by atoms with van der Waals surface area (Å²) in [5.74, 6) is 1.13. The Balaban J connectivity index is 2.48. The van der Waals surface area contributed by atoms with Crippen LogP contribution in [0.25, 0.3) is 0 Å². The molecule has 96 valence electrons. The number of nitrogens with zero attached hydrogens (tertiary/aromatic N) is 2. The van der Waals surface area contributed by atoms with Gasteiger partial charge >= 0.3 is 0 Å². The Morgan fingerprint density at radius 3 is 2.82 bits per heavy atom. The molecule has 0 radical (unpaired) electrons. The Kier molecular flexibility index (Phi) is 5.65. The summed E-state index contributed by atoms with van der Waals surface area (Å²) in [6.45, 7) is 4.51. The van der Waals surface area contributed by atoms with Crippen molar-refractivity contribution in [3.05, 3.63) is 12.4 Å². The first kappa shape index (κ1) is 13.7. The van der Waals surface area contributed by atoms with Crippen molar-refractivity contribution in [2.45, 2.75) is 26.1 Å². The fourth-order valence-electron chi connectivity index (χ4n) is 1.22. The predicted molar refractivity (Wildman–Crippen MR) is 64.2 cm³/mol. The van der Waals surface area contributed by atoms with Gasteiger partial charge in [-0.2, -0.15) is 0 Å². The zero-order valence-corrected chi connectivity index (χ0v) is 10.4. The molecule has 6 heteroatoms. The zero-order valence-electron chi connectivity index (χ0n) is 10.4. The van der Waals surface area contributed by atoms with Gasteiger partial charge in [0.25, 0.3) is 0 Å². The lowest BCUT2D eigenvalue weighted by atomic mass is 10.4. The van der Waals surface area contributed by atoms with Crippen LogP contribution in [0.15, 0.2) is 12.4 Å². The standard InChI is InChI=1S/C11H19N3O3/c1-8(2)17-11-4-10(13-7-14-11)12-5-9(15)6-16-3/h4,7-9,15H,5-6H2,1-3H3,(H,12,13,14). The largest absolute Gasteiger partial charge is 0.475 e. The number of rotatable bonds is 7. The monoisotopic (exact) mass is 241 g/mol. The average molecular weight is 241 g/mol. The van der Waals surface area contributed by atoms with E-state index in [2.05, 4.69) is 15.3 Å². The van der Waals surface area contributed by atoms with Crippen LogP contribution in [0.3, 0.4) is 0 Å². The van der Waals surface area contributed by atoms with E-state index in [1.165, 1.54) is 6.33 Å². The fourth-order valence-corrected chi connectivity index (χ4v) is 1.22. The molecule has 1 heterocycles. The fraction of sp³-hybridized carbons (Fsp3) is 0.636. The second-order valence-electron chi connectivity index (χ2n) is 3.90. The minimum Gasteiger partial charge on any atom is -0.475 e. The molecule has 17 heavy (non-hydrogen) atoms. The lowest BCUT2D eigenvalue weighted by Crippen LogP contribution is -2.24. The molecule has 0 aliphatic carbocycles. The normalized spacial score (nSPS) is 12.5. The van der Waals surface area contributed by atoms with Crippen LogP contribution < -0.4 is 10.1 Å². The van der Waals surface area contributed by atoms with Crippen molar-refractivity contribution in [3.8, 4) is 5.88 Å². The third-order valence-electron chi connectivity index (χ3n) is 1.88. The lowest BCUT2D eigenvalue weighted by Gasteiger charge is -2.12. The lowest BCUT2D eigenvalue weighted by molar-refractivity contribution is 0.0727. The number of aliphatic hydroxyl groups excluding tert-OH is 1. The van der Waals surface area contributed by atoms with Crippen LogP contribution in [0, 0.1) is 0 Å². The summed E-state index contributed by atoms with van der Waals surface area (Å²) in [5.41, 5.74) is 0. The Bertz CT molecular complexity index is 333. The summed E-state index contributed by atoms with van der Waals surface area (Å²) in [6.07, 6.45) is 0.921. The Morgan fingerprint density at radius 1 is 1.41 bits per heavy atom. The maximum absolute atomic E-state index is 9.46. The van der Waals surface area contributed by atoms with Crippen LogP contribution >= 0.6 is 0 Å². The predicted octanol–water partition coefficient (Wildman–Crippen LogP) is 0.683. The van der Waals surface area contributed by atoms with Crippen molar-refractivity contribution in [1.29, 1.82) is 0 Å². The molecule has 6 nitrogen and oxygen atoms in total. The molecule has 1 atom stereocenters. The summed E-state index contributed by atoms with van der Waals surface area (Å²) in [6, 6.07) is 1.69. The van der Waals surface area contributed by atoms with Crippen LogP contribution in [0.1, 0.15) is 13.8 Å². The van der Waals surface area contributed by atoms with Crippen molar-refractivity contribution in [2.75, 3.05) is 25.6 Å². The van der Waals surface area contributed by atoms with Crippen molar-refractivity contribution >= 4 is 5.82 Å². The maximum Gasteiger partial charge on any atom is 0.218 e. The van der Waals surface area contributed by atoms with Gasteiger partial charge in [0.05, 0.1) is 18.8 Å². The highest BCUT2D eigenvalue weighted by Crippen LogP contribution is 2.12. The first-order valence-corrected chi connectivity index (χ1v) is 5.51. The van der Waals surface area contributed by atoms with Gasteiger partial charge in [0.15, 0.2) is 0 Å². The second-order valence-corrected chi connectivity index (χ2v) is 3.90. The number of aliphatic hydroxyl groups is 1. The van der Waals surface area contributed by atoms with E-state index < -0.39 is 6.10 Å².